The summed E-state index contributed by atoms with van der Waals surface area (Å²) in [6.07, 6.45) is 0. The van der Waals surface area contributed by atoms with Gasteiger partial charge in [-0.3, -0.25) is 0 Å². The normalized spacial score (nSPS) is 12.4. The molecule has 0 aliphatic carbocycles. The highest BCUT2D eigenvalue weighted by Gasteiger charge is 2.19. The molecule has 1 atom stereocenters. The third-order valence-electron chi connectivity index (χ3n) is 3.17. The zero-order chi connectivity index (χ0) is 14.7. The Morgan fingerprint density at radius 2 is 1.75 bits per heavy atom. The summed E-state index contributed by atoms with van der Waals surface area (Å²) in [5, 5.41) is 5.26. The molecule has 0 radical (unpaired) electrons. The molecule has 0 saturated carbocycles. The Bertz CT molecular complexity index is 611. The lowest BCUT2D eigenvalue weighted by Crippen LogP contribution is -2.22. The molecule has 106 valence electrons. The Hall–Kier alpha value is -0.730. The number of nitrogens with one attached hydrogen (secondary N) is 1. The highest BCUT2D eigenvalue weighted by atomic mass is 35.5. The van der Waals surface area contributed by atoms with Crippen molar-refractivity contribution in [3.05, 3.63) is 68.2 Å². The fraction of sp³-hybridized carbons (Fsp3) is 0.250. The Labute approximate surface area is 134 Å². The largest absolute Gasteiger partial charge is 0.306 e. The Kier molecular flexibility index (Phi) is 5.34. The molecule has 0 aliphatic rings. The van der Waals surface area contributed by atoms with Crippen LogP contribution in [0.5, 0.6) is 0 Å². The quantitative estimate of drug-likeness (QED) is 0.764. The van der Waals surface area contributed by atoms with Gasteiger partial charge in [0.25, 0.3) is 0 Å². The average molecular weight is 329 g/mol. The van der Waals surface area contributed by atoms with Gasteiger partial charge >= 0.3 is 0 Å². The highest BCUT2D eigenvalue weighted by molar-refractivity contribution is 6.42. The van der Waals surface area contributed by atoms with Gasteiger partial charge < -0.3 is 5.32 Å². The van der Waals surface area contributed by atoms with Gasteiger partial charge in [0, 0.05) is 5.02 Å². The van der Waals surface area contributed by atoms with Gasteiger partial charge in [-0.15, -0.1) is 0 Å². The number of rotatable bonds is 4. The molecule has 0 bridgehead atoms. The first-order valence-electron chi connectivity index (χ1n) is 6.48. The lowest BCUT2D eigenvalue weighted by Gasteiger charge is -2.22. The molecular weight excluding hydrogens is 313 g/mol. The van der Waals surface area contributed by atoms with Crippen molar-refractivity contribution in [3.63, 3.8) is 0 Å². The van der Waals surface area contributed by atoms with Crippen molar-refractivity contribution in [1.29, 1.82) is 0 Å². The maximum atomic E-state index is 6.39. The van der Waals surface area contributed by atoms with Crippen LogP contribution in [0.1, 0.15) is 29.7 Å². The minimum absolute atomic E-state index is 0.0701. The predicted molar refractivity (Wildman–Crippen MR) is 88.2 cm³/mol. The SMILES string of the molecule is CCNC(c1ccc(C)cc1Cl)c1cccc(Cl)c1Cl. The first kappa shape index (κ1) is 15.7. The summed E-state index contributed by atoms with van der Waals surface area (Å²) in [5.74, 6) is 0. The number of hydrogen-bond donors (Lipinski definition) is 1. The molecule has 20 heavy (non-hydrogen) atoms. The van der Waals surface area contributed by atoms with Crippen molar-refractivity contribution in [3.8, 4) is 0 Å². The van der Waals surface area contributed by atoms with Crippen molar-refractivity contribution in [2.45, 2.75) is 19.9 Å². The van der Waals surface area contributed by atoms with E-state index < -0.39 is 0 Å². The second kappa shape index (κ2) is 6.82. The van der Waals surface area contributed by atoms with Crippen LogP contribution < -0.4 is 5.32 Å². The zero-order valence-electron chi connectivity index (χ0n) is 11.4. The second-order valence-corrected chi connectivity index (χ2v) is 5.85. The van der Waals surface area contributed by atoms with E-state index in [1.807, 2.05) is 44.2 Å². The molecule has 0 fully saturated rings. The fourth-order valence-electron chi connectivity index (χ4n) is 2.20. The number of benzene rings is 2. The van der Waals surface area contributed by atoms with Crippen LogP contribution in [-0.4, -0.2) is 6.54 Å². The second-order valence-electron chi connectivity index (χ2n) is 4.66. The van der Waals surface area contributed by atoms with Crippen molar-refractivity contribution < 1.29 is 0 Å². The van der Waals surface area contributed by atoms with Gasteiger partial charge in [-0.25, -0.2) is 0 Å². The van der Waals surface area contributed by atoms with Crippen LogP contribution in [0, 0.1) is 6.92 Å². The highest BCUT2D eigenvalue weighted by Crippen LogP contribution is 2.35. The third kappa shape index (κ3) is 3.29. The summed E-state index contributed by atoms with van der Waals surface area (Å²) < 4.78 is 0. The molecule has 1 unspecified atom stereocenters. The molecule has 2 aromatic carbocycles. The van der Waals surface area contributed by atoms with E-state index in [9.17, 15) is 0 Å². The van der Waals surface area contributed by atoms with Crippen molar-refractivity contribution in [1.82, 2.24) is 5.32 Å². The van der Waals surface area contributed by atoms with E-state index in [1.54, 1.807) is 6.07 Å². The van der Waals surface area contributed by atoms with Crippen LogP contribution in [-0.2, 0) is 0 Å². The summed E-state index contributed by atoms with van der Waals surface area (Å²) in [7, 11) is 0. The van der Waals surface area contributed by atoms with Crippen LogP contribution in [0.3, 0.4) is 0 Å². The van der Waals surface area contributed by atoms with Crippen LogP contribution >= 0.6 is 34.8 Å². The average Bonchev–Trinajstić information content (AvgIpc) is 2.40. The first-order valence-corrected chi connectivity index (χ1v) is 7.61. The van der Waals surface area contributed by atoms with Crippen LogP contribution in [0.4, 0.5) is 0 Å². The van der Waals surface area contributed by atoms with Gasteiger partial charge in [-0.1, -0.05) is 66.0 Å². The number of halogens is 3. The molecule has 2 aromatic rings. The molecule has 0 aliphatic heterocycles. The lowest BCUT2D eigenvalue weighted by molar-refractivity contribution is 0.631. The summed E-state index contributed by atoms with van der Waals surface area (Å²) >= 11 is 18.8. The van der Waals surface area contributed by atoms with Gasteiger partial charge in [0.05, 0.1) is 16.1 Å². The van der Waals surface area contributed by atoms with E-state index in [4.69, 9.17) is 34.8 Å². The number of hydrogen-bond acceptors (Lipinski definition) is 1. The van der Waals surface area contributed by atoms with Crippen LogP contribution in [0.15, 0.2) is 36.4 Å². The van der Waals surface area contributed by atoms with Crippen LogP contribution in [0.25, 0.3) is 0 Å². The Morgan fingerprint density at radius 1 is 1.00 bits per heavy atom. The smallest absolute Gasteiger partial charge is 0.0643 e. The van der Waals surface area contributed by atoms with Crippen LogP contribution in [0.2, 0.25) is 15.1 Å². The summed E-state index contributed by atoms with van der Waals surface area (Å²) in [6, 6.07) is 11.6. The predicted octanol–water partition coefficient (Wildman–Crippen LogP) is 5.65. The minimum Gasteiger partial charge on any atom is -0.306 e. The maximum absolute atomic E-state index is 6.39. The van der Waals surface area contributed by atoms with Crippen molar-refractivity contribution in [2.75, 3.05) is 6.54 Å². The van der Waals surface area contributed by atoms with E-state index in [-0.39, 0.29) is 6.04 Å². The molecule has 0 amide bonds. The Morgan fingerprint density at radius 3 is 2.40 bits per heavy atom. The number of aryl methyl sites for hydroxylation is 1. The lowest BCUT2D eigenvalue weighted by atomic mass is 9.97. The molecule has 1 N–H and O–H groups in total. The first-order chi connectivity index (χ1) is 9.54. The molecule has 2 rings (SSSR count). The summed E-state index contributed by atoms with van der Waals surface area (Å²) in [6.45, 7) is 4.87. The van der Waals surface area contributed by atoms with Crippen molar-refractivity contribution >= 4 is 34.8 Å². The van der Waals surface area contributed by atoms with Gasteiger partial charge in [-0.05, 0) is 42.3 Å². The molecular formula is C16H16Cl3N. The monoisotopic (exact) mass is 327 g/mol. The van der Waals surface area contributed by atoms with Crippen molar-refractivity contribution in [2.24, 2.45) is 0 Å². The van der Waals surface area contributed by atoms with E-state index in [0.717, 1.165) is 28.3 Å². The third-order valence-corrected chi connectivity index (χ3v) is 4.33. The maximum Gasteiger partial charge on any atom is 0.0643 e. The van der Waals surface area contributed by atoms with E-state index in [1.165, 1.54) is 0 Å². The fourth-order valence-corrected chi connectivity index (χ4v) is 2.96. The minimum atomic E-state index is -0.0701. The molecule has 4 heteroatoms. The van der Waals surface area contributed by atoms with E-state index in [0.29, 0.717) is 10.0 Å². The van der Waals surface area contributed by atoms with Gasteiger partial charge in [-0.2, -0.15) is 0 Å². The van der Waals surface area contributed by atoms with Gasteiger partial charge in [0.2, 0.25) is 0 Å². The topological polar surface area (TPSA) is 12.0 Å². The Balaban J connectivity index is 2.53. The van der Waals surface area contributed by atoms with E-state index in [2.05, 4.69) is 5.32 Å². The summed E-state index contributed by atoms with van der Waals surface area (Å²) in [5.41, 5.74) is 3.07. The standard InChI is InChI=1S/C16H16Cl3N/c1-3-20-16(11-8-7-10(2)9-14(11)18)12-5-4-6-13(17)15(12)19/h4-9,16,20H,3H2,1-2H3. The molecule has 1 nitrogen and oxygen atoms in total. The van der Waals surface area contributed by atoms with Gasteiger partial charge in [0.1, 0.15) is 0 Å². The molecule has 0 heterocycles. The molecule has 0 spiro atoms. The molecule has 0 aromatic heterocycles. The van der Waals surface area contributed by atoms with E-state index >= 15 is 0 Å². The van der Waals surface area contributed by atoms with Gasteiger partial charge in [0.15, 0.2) is 0 Å². The molecule has 0 saturated heterocycles. The summed E-state index contributed by atoms with van der Waals surface area (Å²) in [4.78, 5) is 0. The zero-order valence-corrected chi connectivity index (χ0v) is 13.7.